The Bertz CT molecular complexity index is 107. The van der Waals surface area contributed by atoms with Gasteiger partial charge in [0.05, 0.1) is 5.54 Å². The van der Waals surface area contributed by atoms with Crippen molar-refractivity contribution in [2.75, 3.05) is 0 Å². The van der Waals surface area contributed by atoms with E-state index in [0.717, 1.165) is 0 Å². The zero-order chi connectivity index (χ0) is 7.91. The van der Waals surface area contributed by atoms with Crippen molar-refractivity contribution in [1.82, 2.24) is 0 Å². The van der Waals surface area contributed by atoms with Crippen LogP contribution in [0.4, 0.5) is 0 Å². The van der Waals surface area contributed by atoms with Crippen LogP contribution in [0, 0.1) is 12.3 Å². The first-order chi connectivity index (χ1) is 3.97. The SMILES string of the molecule is C#CC(C)(C)N.O=CO. The smallest absolute Gasteiger partial charge is 0.290 e. The van der Waals surface area contributed by atoms with Crippen LogP contribution in [-0.2, 0) is 4.79 Å². The van der Waals surface area contributed by atoms with Gasteiger partial charge >= 0.3 is 0 Å². The fourth-order valence-corrected chi connectivity index (χ4v) is 0. The zero-order valence-corrected chi connectivity index (χ0v) is 5.59. The number of nitrogens with two attached hydrogens (primary N) is 1. The van der Waals surface area contributed by atoms with Crippen molar-refractivity contribution in [3.8, 4) is 12.3 Å². The first-order valence-electron chi connectivity index (χ1n) is 2.32. The lowest BCUT2D eigenvalue weighted by Crippen LogP contribution is -2.28. The fourth-order valence-electron chi connectivity index (χ4n) is 0. The van der Waals surface area contributed by atoms with E-state index in [-0.39, 0.29) is 6.47 Å². The number of rotatable bonds is 0. The standard InChI is InChI=1S/C5H9N.CH2O2/c1-4-5(2,3)6;2-1-3/h1H,6H2,2-3H3;1H,(H,2,3). The molecule has 0 rings (SSSR count). The molecular formula is C6H11NO2. The molecule has 0 aromatic heterocycles. The molecule has 3 heteroatoms. The van der Waals surface area contributed by atoms with Gasteiger partial charge in [0, 0.05) is 0 Å². The Kier molecular flexibility index (Phi) is 6.21. The van der Waals surface area contributed by atoms with Crippen LogP contribution >= 0.6 is 0 Å². The molecule has 52 valence electrons. The predicted molar refractivity (Wildman–Crippen MR) is 35.8 cm³/mol. The monoisotopic (exact) mass is 129 g/mol. The molecule has 0 unspecified atom stereocenters. The minimum Gasteiger partial charge on any atom is -0.483 e. The van der Waals surface area contributed by atoms with Gasteiger partial charge in [-0.2, -0.15) is 0 Å². The van der Waals surface area contributed by atoms with E-state index in [4.69, 9.17) is 22.1 Å². The third kappa shape index (κ3) is 44.0. The summed E-state index contributed by atoms with van der Waals surface area (Å²) in [6.45, 7) is 3.32. The van der Waals surface area contributed by atoms with Crippen LogP contribution in [0.1, 0.15) is 13.8 Å². The maximum Gasteiger partial charge on any atom is 0.290 e. The average Bonchev–Trinajstić information content (AvgIpc) is 1.67. The Morgan fingerprint density at radius 1 is 1.78 bits per heavy atom. The molecule has 0 bridgehead atoms. The summed E-state index contributed by atoms with van der Waals surface area (Å²) in [6.07, 6.45) is 4.93. The highest BCUT2D eigenvalue weighted by atomic mass is 16.3. The summed E-state index contributed by atoms with van der Waals surface area (Å²) in [4.78, 5) is 8.36. The fraction of sp³-hybridized carbons (Fsp3) is 0.500. The summed E-state index contributed by atoms with van der Waals surface area (Å²) in [5, 5.41) is 6.89. The summed E-state index contributed by atoms with van der Waals surface area (Å²) < 4.78 is 0. The predicted octanol–water partition coefficient (Wildman–Crippen LogP) is 0.0577. The lowest BCUT2D eigenvalue weighted by Gasteiger charge is -2.05. The molecule has 0 saturated carbocycles. The van der Waals surface area contributed by atoms with Gasteiger partial charge in [0.1, 0.15) is 0 Å². The zero-order valence-electron chi connectivity index (χ0n) is 5.59. The molecule has 0 heterocycles. The molecular weight excluding hydrogens is 118 g/mol. The first-order valence-corrected chi connectivity index (χ1v) is 2.32. The Morgan fingerprint density at radius 2 is 1.89 bits per heavy atom. The van der Waals surface area contributed by atoms with Gasteiger partial charge in [-0.15, -0.1) is 6.42 Å². The molecule has 0 saturated heterocycles. The molecule has 0 aliphatic carbocycles. The molecule has 0 radical (unpaired) electrons. The van der Waals surface area contributed by atoms with Crippen molar-refractivity contribution < 1.29 is 9.90 Å². The van der Waals surface area contributed by atoms with Crippen LogP contribution in [0.15, 0.2) is 0 Å². The normalized spacial score (nSPS) is 8.22. The van der Waals surface area contributed by atoms with Crippen molar-refractivity contribution in [1.29, 1.82) is 0 Å². The molecule has 0 aliphatic heterocycles. The van der Waals surface area contributed by atoms with E-state index in [2.05, 4.69) is 5.92 Å². The van der Waals surface area contributed by atoms with Crippen LogP contribution in [0.25, 0.3) is 0 Å². The average molecular weight is 129 g/mol. The lowest BCUT2D eigenvalue weighted by molar-refractivity contribution is -0.122. The lowest BCUT2D eigenvalue weighted by atomic mass is 10.1. The molecule has 0 fully saturated rings. The van der Waals surface area contributed by atoms with Gasteiger partial charge in [0.15, 0.2) is 0 Å². The number of hydrogen-bond donors (Lipinski definition) is 2. The van der Waals surface area contributed by atoms with E-state index >= 15 is 0 Å². The van der Waals surface area contributed by atoms with Crippen molar-refractivity contribution in [2.45, 2.75) is 19.4 Å². The molecule has 0 amide bonds. The van der Waals surface area contributed by atoms with Crippen LogP contribution in [0.5, 0.6) is 0 Å². The summed E-state index contributed by atoms with van der Waals surface area (Å²) in [7, 11) is 0. The minimum atomic E-state index is -0.431. The van der Waals surface area contributed by atoms with Crippen LogP contribution < -0.4 is 5.73 Å². The summed E-state index contributed by atoms with van der Waals surface area (Å²) in [5.41, 5.74) is 4.87. The molecule has 0 aromatic rings. The third-order valence-electron chi connectivity index (χ3n) is 0.372. The highest BCUT2D eigenvalue weighted by Crippen LogP contribution is 1.88. The first kappa shape index (κ1) is 10.9. The molecule has 9 heavy (non-hydrogen) atoms. The summed E-state index contributed by atoms with van der Waals surface area (Å²) >= 11 is 0. The van der Waals surface area contributed by atoms with Crippen LogP contribution in [0.3, 0.4) is 0 Å². The molecule has 0 atom stereocenters. The number of carbonyl (C=O) groups is 1. The van der Waals surface area contributed by atoms with Gasteiger partial charge < -0.3 is 10.8 Å². The van der Waals surface area contributed by atoms with Gasteiger partial charge in [-0.1, -0.05) is 5.92 Å². The number of terminal acetylenes is 1. The van der Waals surface area contributed by atoms with E-state index in [0.29, 0.717) is 0 Å². The highest BCUT2D eigenvalue weighted by Gasteiger charge is 2.00. The van der Waals surface area contributed by atoms with Gasteiger partial charge in [0.25, 0.3) is 6.47 Å². The van der Waals surface area contributed by atoms with Gasteiger partial charge in [-0.05, 0) is 13.8 Å². The molecule has 0 aliphatic rings. The molecule has 3 N–H and O–H groups in total. The second kappa shape index (κ2) is 5.13. The van der Waals surface area contributed by atoms with E-state index < -0.39 is 5.54 Å². The topological polar surface area (TPSA) is 63.3 Å². The van der Waals surface area contributed by atoms with E-state index in [1.807, 2.05) is 0 Å². The highest BCUT2D eigenvalue weighted by molar-refractivity contribution is 5.32. The third-order valence-corrected chi connectivity index (χ3v) is 0.372. The number of hydrogen-bond acceptors (Lipinski definition) is 2. The van der Waals surface area contributed by atoms with Crippen molar-refractivity contribution in [3.05, 3.63) is 0 Å². The number of carboxylic acid groups (broad SMARTS) is 1. The Balaban J connectivity index is 0. The quantitative estimate of drug-likeness (QED) is 0.359. The van der Waals surface area contributed by atoms with Crippen LogP contribution in [0.2, 0.25) is 0 Å². The Hall–Kier alpha value is -1.01. The molecule has 3 nitrogen and oxygen atoms in total. The van der Waals surface area contributed by atoms with Gasteiger partial charge in [-0.25, -0.2) is 0 Å². The van der Waals surface area contributed by atoms with Crippen LogP contribution in [-0.4, -0.2) is 17.1 Å². The Labute approximate surface area is 54.9 Å². The van der Waals surface area contributed by atoms with Gasteiger partial charge in [-0.3, -0.25) is 4.79 Å². The minimum absolute atomic E-state index is 0.250. The van der Waals surface area contributed by atoms with Crippen molar-refractivity contribution in [2.24, 2.45) is 5.73 Å². The van der Waals surface area contributed by atoms with Crippen molar-refractivity contribution >= 4 is 6.47 Å². The second-order valence-electron chi connectivity index (χ2n) is 1.97. The molecule has 0 aromatic carbocycles. The summed E-state index contributed by atoms with van der Waals surface area (Å²) in [6, 6.07) is 0. The largest absolute Gasteiger partial charge is 0.483 e. The maximum atomic E-state index is 8.36. The van der Waals surface area contributed by atoms with E-state index in [1.165, 1.54) is 0 Å². The van der Waals surface area contributed by atoms with E-state index in [1.54, 1.807) is 13.8 Å². The van der Waals surface area contributed by atoms with Crippen molar-refractivity contribution in [3.63, 3.8) is 0 Å². The van der Waals surface area contributed by atoms with Gasteiger partial charge in [0.2, 0.25) is 0 Å². The van der Waals surface area contributed by atoms with E-state index in [9.17, 15) is 0 Å². The second-order valence-corrected chi connectivity index (χ2v) is 1.97. The molecule has 0 spiro atoms. The summed E-state index contributed by atoms with van der Waals surface area (Å²) in [5.74, 6) is 2.38. The Morgan fingerprint density at radius 3 is 1.89 bits per heavy atom. The maximum absolute atomic E-state index is 8.36.